The van der Waals surface area contributed by atoms with Gasteiger partial charge >= 0.3 is 0 Å². The third-order valence-corrected chi connectivity index (χ3v) is 5.03. The highest BCUT2D eigenvalue weighted by Gasteiger charge is 2.22. The lowest BCUT2D eigenvalue weighted by Gasteiger charge is -2.34. The fourth-order valence-electron chi connectivity index (χ4n) is 3.42. The van der Waals surface area contributed by atoms with Crippen molar-refractivity contribution in [1.29, 1.82) is 0 Å². The van der Waals surface area contributed by atoms with Crippen LogP contribution >= 0.6 is 0 Å². The van der Waals surface area contributed by atoms with Crippen LogP contribution in [0.4, 0.5) is 22.7 Å². The monoisotopic (exact) mass is 370 g/mol. The maximum absolute atomic E-state index is 11.3. The first-order valence-corrected chi connectivity index (χ1v) is 9.15. The van der Waals surface area contributed by atoms with Crippen LogP contribution in [0.3, 0.4) is 0 Å². The van der Waals surface area contributed by atoms with Crippen molar-refractivity contribution in [1.82, 2.24) is 0 Å². The van der Waals surface area contributed by atoms with Gasteiger partial charge in [0.1, 0.15) is 5.69 Å². The summed E-state index contributed by atoms with van der Waals surface area (Å²) < 4.78 is 0. The molecule has 0 spiro atoms. The Labute approximate surface area is 159 Å². The van der Waals surface area contributed by atoms with Crippen molar-refractivity contribution in [3.8, 4) is 0 Å². The number of nitrogens with zero attached hydrogens (tertiary/aromatic N) is 3. The van der Waals surface area contributed by atoms with Crippen LogP contribution in [0.25, 0.3) is 0 Å². The third kappa shape index (κ3) is 4.49. The average Bonchev–Trinajstić information content (AvgIpc) is 2.68. The summed E-state index contributed by atoms with van der Waals surface area (Å²) in [5, 5.41) is 23.9. The Balaban J connectivity index is 1.63. The van der Waals surface area contributed by atoms with Gasteiger partial charge < -0.3 is 20.2 Å². The Morgan fingerprint density at radius 3 is 2.41 bits per heavy atom. The molecule has 1 fully saturated rings. The molecule has 0 aromatic heterocycles. The standard InChI is InChI=1S/C20H26N4O3/c1-22(2)17-4-6-18(7-5-17)23-11-9-16(10-12-23)21-19-13-15(14-25)3-8-20(19)24(26)27/h3-8,13,16,21,25H,9-12,14H2,1-2H3. The van der Waals surface area contributed by atoms with Crippen LogP contribution in [0.15, 0.2) is 42.5 Å². The second kappa shape index (κ2) is 8.26. The smallest absolute Gasteiger partial charge is 0.292 e. The fourth-order valence-corrected chi connectivity index (χ4v) is 3.42. The van der Waals surface area contributed by atoms with Gasteiger partial charge in [0.25, 0.3) is 5.69 Å². The van der Waals surface area contributed by atoms with Crippen LogP contribution < -0.4 is 15.1 Å². The first-order valence-electron chi connectivity index (χ1n) is 9.15. The molecule has 3 rings (SSSR count). The maximum atomic E-state index is 11.3. The van der Waals surface area contributed by atoms with Crippen molar-refractivity contribution in [3.63, 3.8) is 0 Å². The lowest BCUT2D eigenvalue weighted by Crippen LogP contribution is -2.39. The van der Waals surface area contributed by atoms with Gasteiger partial charge in [0, 0.05) is 50.7 Å². The number of aliphatic hydroxyl groups excluding tert-OH is 1. The van der Waals surface area contributed by atoms with E-state index in [1.165, 1.54) is 17.4 Å². The first kappa shape index (κ1) is 19.0. The molecular weight excluding hydrogens is 344 g/mol. The minimum absolute atomic E-state index is 0.0499. The SMILES string of the molecule is CN(C)c1ccc(N2CCC(Nc3cc(CO)ccc3[N+](=O)[O-])CC2)cc1. The predicted molar refractivity (Wildman–Crippen MR) is 109 cm³/mol. The minimum Gasteiger partial charge on any atom is -0.392 e. The van der Waals surface area contributed by atoms with Gasteiger partial charge in [-0.1, -0.05) is 0 Å². The van der Waals surface area contributed by atoms with Gasteiger partial charge in [-0.05, 0) is 54.8 Å². The van der Waals surface area contributed by atoms with Crippen LogP contribution in [-0.2, 0) is 6.61 Å². The van der Waals surface area contributed by atoms with Gasteiger partial charge in [-0.25, -0.2) is 0 Å². The highest BCUT2D eigenvalue weighted by Crippen LogP contribution is 2.29. The molecule has 0 aliphatic carbocycles. The van der Waals surface area contributed by atoms with E-state index in [2.05, 4.69) is 39.4 Å². The number of benzene rings is 2. The quantitative estimate of drug-likeness (QED) is 0.600. The van der Waals surface area contributed by atoms with E-state index >= 15 is 0 Å². The van der Waals surface area contributed by atoms with Crippen molar-refractivity contribution >= 4 is 22.7 Å². The number of aliphatic hydroxyl groups is 1. The van der Waals surface area contributed by atoms with Gasteiger partial charge in [-0.15, -0.1) is 0 Å². The van der Waals surface area contributed by atoms with Crippen LogP contribution in [-0.4, -0.2) is 43.3 Å². The zero-order valence-corrected chi connectivity index (χ0v) is 15.8. The largest absolute Gasteiger partial charge is 0.392 e. The Morgan fingerprint density at radius 2 is 1.85 bits per heavy atom. The van der Waals surface area contributed by atoms with Gasteiger partial charge in [0.15, 0.2) is 0 Å². The number of anilines is 3. The van der Waals surface area contributed by atoms with Gasteiger partial charge in [0.05, 0.1) is 11.5 Å². The second-order valence-corrected chi connectivity index (χ2v) is 7.08. The van der Waals surface area contributed by atoms with Gasteiger partial charge in [-0.2, -0.15) is 0 Å². The zero-order valence-electron chi connectivity index (χ0n) is 15.8. The van der Waals surface area contributed by atoms with E-state index in [1.54, 1.807) is 12.1 Å². The molecule has 27 heavy (non-hydrogen) atoms. The van der Waals surface area contributed by atoms with Crippen LogP contribution in [0.2, 0.25) is 0 Å². The van der Waals surface area contributed by atoms with Crippen molar-refractivity contribution < 1.29 is 10.0 Å². The summed E-state index contributed by atoms with van der Waals surface area (Å²) >= 11 is 0. The summed E-state index contributed by atoms with van der Waals surface area (Å²) in [4.78, 5) is 15.3. The first-order chi connectivity index (χ1) is 13.0. The molecule has 2 N–H and O–H groups in total. The number of rotatable bonds is 6. The third-order valence-electron chi connectivity index (χ3n) is 5.03. The normalized spacial score (nSPS) is 14.9. The topological polar surface area (TPSA) is 81.9 Å². The molecule has 0 bridgehead atoms. The van der Waals surface area contributed by atoms with E-state index < -0.39 is 0 Å². The van der Waals surface area contributed by atoms with E-state index in [9.17, 15) is 15.2 Å². The van der Waals surface area contributed by atoms with Crippen LogP contribution in [0, 0.1) is 10.1 Å². The average molecular weight is 370 g/mol. The molecule has 7 nitrogen and oxygen atoms in total. The highest BCUT2D eigenvalue weighted by molar-refractivity contribution is 5.63. The second-order valence-electron chi connectivity index (χ2n) is 7.08. The Bertz CT molecular complexity index is 784. The summed E-state index contributed by atoms with van der Waals surface area (Å²) in [6, 6.07) is 13.4. The summed E-state index contributed by atoms with van der Waals surface area (Å²) in [6.45, 7) is 1.66. The van der Waals surface area contributed by atoms with Gasteiger partial charge in [-0.3, -0.25) is 10.1 Å². The maximum Gasteiger partial charge on any atom is 0.292 e. The number of piperidine rings is 1. The summed E-state index contributed by atoms with van der Waals surface area (Å²) in [7, 11) is 4.05. The number of nitro groups is 1. The highest BCUT2D eigenvalue weighted by atomic mass is 16.6. The lowest BCUT2D eigenvalue weighted by atomic mass is 10.0. The Morgan fingerprint density at radius 1 is 1.19 bits per heavy atom. The molecule has 2 aromatic carbocycles. The Hall–Kier alpha value is -2.80. The van der Waals surface area contributed by atoms with Crippen molar-refractivity contribution in [2.24, 2.45) is 0 Å². The van der Waals surface area contributed by atoms with E-state index in [4.69, 9.17) is 0 Å². The summed E-state index contributed by atoms with van der Waals surface area (Å²) in [6.07, 6.45) is 1.80. The van der Waals surface area contributed by atoms with Crippen molar-refractivity contribution in [2.45, 2.75) is 25.5 Å². The van der Waals surface area contributed by atoms with E-state index in [1.807, 2.05) is 14.1 Å². The Kier molecular flexibility index (Phi) is 5.81. The molecule has 144 valence electrons. The summed E-state index contributed by atoms with van der Waals surface area (Å²) in [5.74, 6) is 0. The molecule has 1 aliphatic rings. The molecule has 1 saturated heterocycles. The summed E-state index contributed by atoms with van der Waals surface area (Å²) in [5.41, 5.74) is 3.58. The number of nitrogens with one attached hydrogen (secondary N) is 1. The molecule has 0 radical (unpaired) electrons. The number of hydrogen-bond acceptors (Lipinski definition) is 6. The molecule has 2 aromatic rings. The molecule has 0 amide bonds. The lowest BCUT2D eigenvalue weighted by molar-refractivity contribution is -0.384. The molecule has 0 atom stereocenters. The van der Waals surface area contributed by atoms with E-state index in [0.29, 0.717) is 11.3 Å². The van der Waals surface area contributed by atoms with Crippen molar-refractivity contribution in [3.05, 3.63) is 58.1 Å². The van der Waals surface area contributed by atoms with Gasteiger partial charge in [0.2, 0.25) is 0 Å². The van der Waals surface area contributed by atoms with E-state index in [-0.39, 0.29) is 23.3 Å². The zero-order chi connectivity index (χ0) is 19.4. The fraction of sp³-hybridized carbons (Fsp3) is 0.400. The molecular formula is C20H26N4O3. The molecule has 1 aliphatic heterocycles. The molecule has 0 saturated carbocycles. The molecule has 1 heterocycles. The predicted octanol–water partition coefficient (Wildman–Crippen LogP) is 3.23. The molecule has 0 unspecified atom stereocenters. The van der Waals surface area contributed by atoms with Crippen molar-refractivity contribution in [2.75, 3.05) is 42.3 Å². The minimum atomic E-state index is -0.384. The molecule has 7 heteroatoms. The van der Waals surface area contributed by atoms with E-state index in [0.717, 1.165) is 25.9 Å². The van der Waals surface area contributed by atoms with Crippen LogP contribution in [0.1, 0.15) is 18.4 Å². The number of nitro benzene ring substituents is 1. The van der Waals surface area contributed by atoms with Crippen LogP contribution in [0.5, 0.6) is 0 Å². The number of hydrogen-bond donors (Lipinski definition) is 2.